The molecule has 17 aromatic carbocycles. The Labute approximate surface area is 731 Å². The molecule has 0 saturated heterocycles. The van der Waals surface area contributed by atoms with Gasteiger partial charge in [-0.05, 0) is 233 Å². The van der Waals surface area contributed by atoms with E-state index in [1.165, 1.54) is 155 Å². The van der Waals surface area contributed by atoms with Crippen LogP contribution in [0.5, 0.6) is 0 Å². The SMILES string of the molecule is CC1(C)c2ccccc2-c2ccc(N(c3ccc(-c4ccc5c(c4)c4ccccc4n5-c4ccccc4)cc3)c3ccc(-c4cccc5ccccc45)cc3)cc21.CC1(C)c2ccccc2-c2ccc(N(c3ccc(-c4ccccc4)cc3)c3ccc(-c4ccc5c(c4)c4ccccc4n5-c4ccccc4)cc3)cc21.[B]P([B])(=N)CF.[B]PCF.[BiH2]. The molecule has 0 fully saturated rings. The summed E-state index contributed by atoms with van der Waals surface area (Å²) in [7, 11) is 14.1. The molecule has 1 atom stereocenters. The number of benzene rings is 17. The van der Waals surface area contributed by atoms with Crippen molar-refractivity contribution in [3.63, 3.8) is 0 Å². The van der Waals surface area contributed by atoms with E-state index in [-0.39, 0.29) is 51.9 Å². The van der Waals surface area contributed by atoms with E-state index in [9.17, 15) is 8.78 Å². The van der Waals surface area contributed by atoms with Crippen LogP contribution in [0.3, 0.4) is 0 Å². The molecule has 7 radical (unpaired) electrons. The van der Waals surface area contributed by atoms with Crippen LogP contribution in [-0.4, -0.2) is 70.9 Å². The van der Waals surface area contributed by atoms with Gasteiger partial charge in [0.25, 0.3) is 0 Å². The Morgan fingerprint density at radius 3 is 1.01 bits per heavy atom. The molecule has 0 bridgehead atoms. The Balaban J connectivity index is 0.000000154. The first-order chi connectivity index (χ1) is 58.5. The van der Waals surface area contributed by atoms with Crippen LogP contribution in [-0.2, 0) is 10.8 Å². The monoisotopic (exact) mass is 1790 g/mol. The van der Waals surface area contributed by atoms with Crippen molar-refractivity contribution in [3.8, 4) is 78.1 Å². The van der Waals surface area contributed by atoms with Gasteiger partial charge in [-0.15, -0.1) is 8.46 Å². The first kappa shape index (κ1) is 81.2. The van der Waals surface area contributed by atoms with E-state index in [1.54, 1.807) is 0 Å². The average molecular weight is 1800 g/mol. The Kier molecular flexibility index (Phi) is 23.1. The second kappa shape index (κ2) is 34.5. The number of halogens is 2. The zero-order valence-corrected chi connectivity index (χ0v) is 74.2. The number of alkyl halides is 2. The van der Waals surface area contributed by atoms with Gasteiger partial charge in [0.1, 0.15) is 29.1 Å². The van der Waals surface area contributed by atoms with Crippen molar-refractivity contribution in [2.24, 2.45) is 0 Å². The number of nitrogens with one attached hydrogen (secondary N) is 1. The maximum absolute atomic E-state index is 11.1. The summed E-state index contributed by atoms with van der Waals surface area (Å²) < 4.78 is 26.5. The summed E-state index contributed by atoms with van der Waals surface area (Å²) in [6, 6.07) is 146. The molecule has 2 aromatic heterocycles. The van der Waals surface area contributed by atoms with Crippen molar-refractivity contribution in [2.75, 3.05) is 22.6 Å². The van der Waals surface area contributed by atoms with Gasteiger partial charge in [-0.3, -0.25) is 0 Å². The van der Waals surface area contributed by atoms with E-state index in [1.807, 2.05) is 0 Å². The van der Waals surface area contributed by atoms with Gasteiger partial charge in [0.05, 0.1) is 28.5 Å². The van der Waals surface area contributed by atoms with E-state index in [0.717, 1.165) is 34.1 Å². The molecule has 1 unspecified atom stereocenters. The Morgan fingerprint density at radius 2 is 0.595 bits per heavy atom. The second-order valence-electron chi connectivity index (χ2n) is 31.8. The fourth-order valence-electron chi connectivity index (χ4n) is 17.9. The fraction of sp³-hybridized carbons (Fsp3) is 0.0741. The van der Waals surface area contributed by atoms with Crippen molar-refractivity contribution in [1.82, 2.24) is 9.13 Å². The van der Waals surface area contributed by atoms with Crippen molar-refractivity contribution >= 4 is 153 Å². The quantitative estimate of drug-likeness (QED) is 0.0871. The van der Waals surface area contributed by atoms with Crippen molar-refractivity contribution < 1.29 is 8.78 Å². The van der Waals surface area contributed by atoms with Crippen LogP contribution in [0, 0.1) is 5.16 Å². The fourth-order valence-corrected chi connectivity index (χ4v) is 17.9. The van der Waals surface area contributed by atoms with Crippen LogP contribution in [0.4, 0.5) is 42.9 Å². The Hall–Kier alpha value is -12.2. The van der Waals surface area contributed by atoms with E-state index in [0.29, 0.717) is 0 Å². The molecule has 0 spiro atoms. The van der Waals surface area contributed by atoms with Crippen molar-refractivity contribution in [3.05, 3.63) is 423 Å². The minimum absolute atomic E-state index is 0. The van der Waals surface area contributed by atoms with Gasteiger partial charge in [-0.1, -0.05) is 301 Å². The molecule has 1 N–H and O–H groups in total. The predicted molar refractivity (Wildman–Crippen MR) is 521 cm³/mol. The molecular weight excluding hydrogens is 1710 g/mol. The second-order valence-corrected chi connectivity index (χ2v) is 34.6. The van der Waals surface area contributed by atoms with Crippen LogP contribution in [0.15, 0.2) is 400 Å². The number of hydrogen-bond donors (Lipinski definition) is 1. The van der Waals surface area contributed by atoms with Gasteiger partial charge in [-0.25, -0.2) is 8.78 Å². The summed E-state index contributed by atoms with van der Waals surface area (Å²) in [6.45, 7) is 6.60. The van der Waals surface area contributed by atoms with Gasteiger partial charge >= 0.3 is 26.2 Å². The molecule has 2 heterocycles. The van der Waals surface area contributed by atoms with Gasteiger partial charge < -0.3 is 24.1 Å². The third-order valence-corrected chi connectivity index (χ3v) is 24.2. The Bertz CT molecular complexity index is 7030. The number of hydrogen-bond acceptors (Lipinski definition) is 3. The first-order valence-electron chi connectivity index (χ1n) is 40.5. The summed E-state index contributed by atoms with van der Waals surface area (Å²) in [5, 5.41) is 14.0. The molecule has 5 nitrogen and oxygen atoms in total. The molecule has 0 saturated carbocycles. The number of para-hydroxylation sites is 4. The molecule has 2 aliphatic carbocycles. The van der Waals surface area contributed by atoms with Gasteiger partial charge in [0.2, 0.25) is 0 Å². The number of aromatic nitrogens is 2. The van der Waals surface area contributed by atoms with Gasteiger partial charge in [0, 0.05) is 77.9 Å². The van der Waals surface area contributed by atoms with Crippen LogP contribution in [0.25, 0.3) is 133 Å². The number of fused-ring (bicyclic) bond motifs is 13. The first-order valence-corrected chi connectivity index (χ1v) is 43.9. The zero-order chi connectivity index (χ0) is 82.2. The van der Waals surface area contributed by atoms with Crippen molar-refractivity contribution in [2.45, 2.75) is 38.5 Å². The zero-order valence-electron chi connectivity index (χ0n) is 67.8. The Morgan fingerprint density at radius 1 is 0.298 bits per heavy atom. The normalized spacial score (nSPS) is 12.6. The molecule has 0 amide bonds. The van der Waals surface area contributed by atoms with Gasteiger partial charge in [0.15, 0.2) is 0 Å². The van der Waals surface area contributed by atoms with E-state index in [4.69, 9.17) is 20.3 Å². The molecule has 0 aliphatic heterocycles. The maximum atomic E-state index is 11.1. The van der Waals surface area contributed by atoms with Gasteiger partial charge in [-0.2, -0.15) is 0 Å². The average Bonchev–Trinajstić information content (AvgIpc) is 1.47. The summed E-state index contributed by atoms with van der Waals surface area (Å²) in [5.41, 5.74) is 34.3. The molecule has 19 aromatic rings. The molecule has 2 aliphatic rings. The molecule has 121 heavy (non-hydrogen) atoms. The van der Waals surface area contributed by atoms with Crippen LogP contribution in [0.2, 0.25) is 0 Å². The predicted octanol–water partition coefficient (Wildman–Crippen LogP) is 29.6. The van der Waals surface area contributed by atoms with E-state index < -0.39 is 13.2 Å². The summed E-state index contributed by atoms with van der Waals surface area (Å²) >= 11 is 0. The third kappa shape index (κ3) is 15.7. The topological polar surface area (TPSA) is 40.2 Å². The van der Waals surface area contributed by atoms with Crippen molar-refractivity contribution in [1.29, 1.82) is 5.16 Å². The molecule has 581 valence electrons. The number of nitrogens with zero attached hydrogens (tertiary/aromatic N) is 4. The third-order valence-electron chi connectivity index (χ3n) is 23.7. The standard InChI is InChI=1S/C55H40N2.C51H38N2.CH3B2FNP.CH3BFP.Bi.2H/c1-55(2)51-21-10-8-18-47(51)48-33-32-44(36-52(48)55)56(43-30-25-39(26-31-43)46-20-12-14-38-13-6-7-17-45(38)46)42-28-23-37(24-29-42)40-27-34-54-50(35-40)49-19-9-11-22-53(49)57(54)41-15-4-3-5-16-41;1-51(2)47-19-11-9-17-43(47)44-31-30-42(34-48(44)51)52(40-26-21-36(22-27-40)35-13-5-3-6-14-35)41-28-23-37(24-29-41)38-25-32-50-46(33-38)45-18-10-12-20-49(45)53(50)39-15-7-4-8-16-39;2-6(3,5)1-4;2-4-1-3;;;/h3-36H,1-2H3;3-34H,1-2H3;5H,1H2;4H,1H2;;;. The molecule has 21 rings (SSSR count). The number of anilines is 6. The van der Waals surface area contributed by atoms with E-state index in [2.05, 4.69) is 455 Å². The molecular formula is C108H86B3BiF2N5P2. The van der Waals surface area contributed by atoms with Crippen LogP contribution < -0.4 is 9.80 Å². The molecule has 13 heteroatoms. The van der Waals surface area contributed by atoms with E-state index >= 15 is 0 Å². The summed E-state index contributed by atoms with van der Waals surface area (Å²) in [5.74, 6) is 0. The number of rotatable bonds is 14. The van der Waals surface area contributed by atoms with Crippen LogP contribution >= 0.6 is 15.3 Å². The summed E-state index contributed by atoms with van der Waals surface area (Å²) in [4.78, 5) is 4.81. The van der Waals surface area contributed by atoms with Crippen LogP contribution in [0.1, 0.15) is 49.9 Å². The summed E-state index contributed by atoms with van der Waals surface area (Å²) in [6.07, 6.45) is -1.27. The minimum atomic E-state index is -2.81.